The summed E-state index contributed by atoms with van der Waals surface area (Å²) in [6, 6.07) is 2.35. The highest BCUT2D eigenvalue weighted by molar-refractivity contribution is 7.98. The number of thioether (sulfide) groups is 1. The second kappa shape index (κ2) is 7.23. The fourth-order valence-electron chi connectivity index (χ4n) is 3.39. The largest absolute Gasteiger partial charge is 0.336 e. The Morgan fingerprint density at radius 2 is 2.08 bits per heavy atom. The molecule has 2 aromatic rings. The third kappa shape index (κ3) is 3.35. The molecule has 1 aliphatic rings. The van der Waals surface area contributed by atoms with Crippen LogP contribution in [0.25, 0.3) is 0 Å². The van der Waals surface area contributed by atoms with Gasteiger partial charge in [0.2, 0.25) is 5.91 Å². The van der Waals surface area contributed by atoms with Gasteiger partial charge in [0.1, 0.15) is 0 Å². The summed E-state index contributed by atoms with van der Waals surface area (Å²) in [5.74, 6) is 0.229. The molecule has 0 fully saturated rings. The third-order valence-electron chi connectivity index (χ3n) is 4.77. The minimum absolute atomic E-state index is 0.185. The number of fused-ring (bicyclic) bond motifs is 1. The van der Waals surface area contributed by atoms with Gasteiger partial charge in [0, 0.05) is 29.2 Å². The summed E-state index contributed by atoms with van der Waals surface area (Å²) >= 11 is 3.36. The van der Waals surface area contributed by atoms with Crippen molar-refractivity contribution in [2.45, 2.75) is 51.2 Å². The SMILES string of the molecule is CSc1nc(C)c(CCC(=O)N2CCc3sccc3[C@H]2C)c(C)n1. The highest BCUT2D eigenvalue weighted by atomic mass is 32.2. The smallest absolute Gasteiger partial charge is 0.223 e. The molecule has 1 atom stereocenters. The molecule has 0 saturated heterocycles. The highest BCUT2D eigenvalue weighted by Crippen LogP contribution is 2.33. The van der Waals surface area contributed by atoms with E-state index in [4.69, 9.17) is 0 Å². The van der Waals surface area contributed by atoms with Crippen molar-refractivity contribution in [3.05, 3.63) is 38.8 Å². The molecule has 0 saturated carbocycles. The van der Waals surface area contributed by atoms with Crippen LogP contribution in [-0.4, -0.2) is 33.6 Å². The minimum Gasteiger partial charge on any atom is -0.336 e. The van der Waals surface area contributed by atoms with Gasteiger partial charge < -0.3 is 4.90 Å². The molecular formula is C18H23N3OS2. The molecule has 3 rings (SSSR count). The highest BCUT2D eigenvalue weighted by Gasteiger charge is 2.28. The van der Waals surface area contributed by atoms with Gasteiger partial charge >= 0.3 is 0 Å². The lowest BCUT2D eigenvalue weighted by atomic mass is 10.00. The number of carbonyl (C=O) groups is 1. The lowest BCUT2D eigenvalue weighted by molar-refractivity contribution is -0.133. The number of rotatable bonds is 4. The number of hydrogen-bond acceptors (Lipinski definition) is 5. The standard InChI is InChI=1S/C18H23N3OS2/c1-11-14(12(2)20-18(19-11)23-4)5-6-17(22)21-9-7-16-15(13(21)3)8-10-24-16/h8,10,13H,5-7,9H2,1-4H3/t13-/m1/s1. The molecule has 0 aliphatic carbocycles. The molecule has 2 aromatic heterocycles. The Labute approximate surface area is 151 Å². The van der Waals surface area contributed by atoms with Crippen molar-refractivity contribution in [2.75, 3.05) is 12.8 Å². The van der Waals surface area contributed by atoms with E-state index in [1.165, 1.54) is 10.4 Å². The van der Waals surface area contributed by atoms with Gasteiger partial charge in [0.25, 0.3) is 0 Å². The van der Waals surface area contributed by atoms with Gasteiger partial charge in [0.05, 0.1) is 6.04 Å². The fraction of sp³-hybridized carbons (Fsp3) is 0.500. The van der Waals surface area contributed by atoms with E-state index in [0.717, 1.165) is 35.1 Å². The van der Waals surface area contributed by atoms with Gasteiger partial charge in [-0.2, -0.15) is 0 Å². The van der Waals surface area contributed by atoms with Crippen LogP contribution >= 0.6 is 23.1 Å². The van der Waals surface area contributed by atoms with Crippen LogP contribution in [0.1, 0.15) is 46.8 Å². The van der Waals surface area contributed by atoms with E-state index in [1.54, 1.807) is 23.1 Å². The van der Waals surface area contributed by atoms with Gasteiger partial charge in [-0.15, -0.1) is 11.3 Å². The molecule has 24 heavy (non-hydrogen) atoms. The maximum absolute atomic E-state index is 12.7. The Morgan fingerprint density at radius 1 is 1.38 bits per heavy atom. The van der Waals surface area contributed by atoms with E-state index in [1.807, 2.05) is 25.0 Å². The molecular weight excluding hydrogens is 338 g/mol. The Balaban J connectivity index is 1.69. The summed E-state index contributed by atoms with van der Waals surface area (Å²) in [6.45, 7) is 6.98. The summed E-state index contributed by atoms with van der Waals surface area (Å²) in [6.07, 6.45) is 4.19. The van der Waals surface area contributed by atoms with Gasteiger partial charge in [-0.3, -0.25) is 4.79 Å². The molecule has 0 aromatic carbocycles. The average Bonchev–Trinajstić information content (AvgIpc) is 3.03. The maximum atomic E-state index is 12.7. The number of nitrogens with zero attached hydrogens (tertiary/aromatic N) is 3. The van der Waals surface area contributed by atoms with E-state index in [2.05, 4.69) is 28.3 Å². The van der Waals surface area contributed by atoms with Gasteiger partial charge in [-0.05, 0) is 62.4 Å². The summed E-state index contributed by atoms with van der Waals surface area (Å²) < 4.78 is 0. The van der Waals surface area contributed by atoms with Crippen LogP contribution in [0.15, 0.2) is 16.6 Å². The molecule has 128 valence electrons. The average molecular weight is 362 g/mol. The van der Waals surface area contributed by atoms with Gasteiger partial charge in [-0.1, -0.05) is 11.8 Å². The van der Waals surface area contributed by atoms with Crippen LogP contribution in [0.2, 0.25) is 0 Å². The van der Waals surface area contributed by atoms with E-state index in [-0.39, 0.29) is 11.9 Å². The number of hydrogen-bond donors (Lipinski definition) is 0. The zero-order valence-corrected chi connectivity index (χ0v) is 16.3. The Morgan fingerprint density at radius 3 is 2.75 bits per heavy atom. The predicted molar refractivity (Wildman–Crippen MR) is 99.8 cm³/mol. The Hall–Kier alpha value is -1.40. The lowest BCUT2D eigenvalue weighted by Crippen LogP contribution is -2.38. The molecule has 6 heteroatoms. The first-order valence-electron chi connectivity index (χ1n) is 8.25. The van der Waals surface area contributed by atoms with Gasteiger partial charge in [-0.25, -0.2) is 9.97 Å². The zero-order valence-electron chi connectivity index (χ0n) is 14.6. The van der Waals surface area contributed by atoms with Crippen molar-refractivity contribution in [3.8, 4) is 0 Å². The molecule has 0 unspecified atom stereocenters. The number of amides is 1. The summed E-state index contributed by atoms with van der Waals surface area (Å²) in [5.41, 5.74) is 4.42. The van der Waals surface area contributed by atoms with Gasteiger partial charge in [0.15, 0.2) is 5.16 Å². The molecule has 0 bridgehead atoms. The van der Waals surface area contributed by atoms with Crippen molar-refractivity contribution in [1.82, 2.24) is 14.9 Å². The lowest BCUT2D eigenvalue weighted by Gasteiger charge is -2.33. The number of aryl methyl sites for hydroxylation is 2. The predicted octanol–water partition coefficient (Wildman–Crippen LogP) is 3.96. The Kier molecular flexibility index (Phi) is 5.25. The van der Waals surface area contributed by atoms with Crippen LogP contribution in [0.5, 0.6) is 0 Å². The second-order valence-corrected chi connectivity index (χ2v) is 7.95. The first-order chi connectivity index (χ1) is 11.5. The summed E-state index contributed by atoms with van der Waals surface area (Å²) in [7, 11) is 0. The van der Waals surface area contributed by atoms with Crippen molar-refractivity contribution in [1.29, 1.82) is 0 Å². The molecule has 3 heterocycles. The van der Waals surface area contributed by atoms with Crippen molar-refractivity contribution in [2.24, 2.45) is 0 Å². The van der Waals surface area contributed by atoms with Crippen LogP contribution < -0.4 is 0 Å². The van der Waals surface area contributed by atoms with Crippen LogP contribution in [0.4, 0.5) is 0 Å². The first-order valence-corrected chi connectivity index (χ1v) is 10.4. The quantitative estimate of drug-likeness (QED) is 0.611. The van der Waals surface area contributed by atoms with E-state index < -0.39 is 0 Å². The molecule has 0 N–H and O–H groups in total. The first kappa shape index (κ1) is 17.4. The number of carbonyl (C=O) groups excluding carboxylic acids is 1. The normalized spacial score (nSPS) is 17.0. The van der Waals surface area contributed by atoms with E-state index >= 15 is 0 Å². The van der Waals surface area contributed by atoms with Crippen molar-refractivity contribution >= 4 is 29.0 Å². The van der Waals surface area contributed by atoms with Crippen molar-refractivity contribution in [3.63, 3.8) is 0 Å². The van der Waals surface area contributed by atoms with Crippen molar-refractivity contribution < 1.29 is 4.79 Å². The van der Waals surface area contributed by atoms with E-state index in [0.29, 0.717) is 12.8 Å². The number of thiophene rings is 1. The Bertz CT molecular complexity index is 733. The fourth-order valence-corrected chi connectivity index (χ4v) is 4.81. The minimum atomic E-state index is 0.185. The molecule has 0 radical (unpaired) electrons. The third-order valence-corrected chi connectivity index (χ3v) is 6.31. The molecule has 1 amide bonds. The maximum Gasteiger partial charge on any atom is 0.223 e. The number of aromatic nitrogens is 2. The van der Waals surface area contributed by atoms with E-state index in [9.17, 15) is 4.79 Å². The van der Waals surface area contributed by atoms with Crippen LogP contribution in [0, 0.1) is 13.8 Å². The summed E-state index contributed by atoms with van der Waals surface area (Å²) in [4.78, 5) is 25.2. The molecule has 1 aliphatic heterocycles. The molecule has 0 spiro atoms. The second-order valence-electron chi connectivity index (χ2n) is 6.17. The van der Waals surface area contributed by atoms with Crippen LogP contribution in [0.3, 0.4) is 0 Å². The molecule has 4 nitrogen and oxygen atoms in total. The monoisotopic (exact) mass is 361 g/mol. The zero-order chi connectivity index (χ0) is 17.3. The summed E-state index contributed by atoms with van der Waals surface area (Å²) in [5, 5.41) is 2.93. The topological polar surface area (TPSA) is 46.1 Å². The van der Waals surface area contributed by atoms with Crippen LogP contribution in [-0.2, 0) is 17.6 Å².